The molecule has 0 spiro atoms. The van der Waals surface area contributed by atoms with Crippen molar-refractivity contribution in [2.45, 2.75) is 78.4 Å². The Balaban J connectivity index is 1.46. The monoisotopic (exact) mass is 597 g/mol. The number of hydrogen-bond donors (Lipinski definition) is 3. The predicted molar refractivity (Wildman–Crippen MR) is 170 cm³/mol. The maximum atomic E-state index is 13.8. The molecule has 2 aromatic heterocycles. The van der Waals surface area contributed by atoms with Crippen molar-refractivity contribution in [2.75, 3.05) is 13.1 Å². The van der Waals surface area contributed by atoms with Gasteiger partial charge in [-0.3, -0.25) is 14.4 Å². The van der Waals surface area contributed by atoms with Crippen molar-refractivity contribution in [3.63, 3.8) is 0 Å². The average Bonchev–Trinajstić information content (AvgIpc) is 3.55. The van der Waals surface area contributed by atoms with Gasteiger partial charge in [0.05, 0.1) is 19.0 Å². The minimum Gasteiger partial charge on any atom is -0.358 e. The number of para-hydroxylation sites is 1. The molecule has 5 rings (SSSR count). The maximum absolute atomic E-state index is 13.8. The van der Waals surface area contributed by atoms with E-state index in [0.717, 1.165) is 34.1 Å². The Morgan fingerprint density at radius 2 is 1.75 bits per heavy atom. The van der Waals surface area contributed by atoms with Crippen LogP contribution in [-0.2, 0) is 33.8 Å². The predicted octanol–water partition coefficient (Wildman–Crippen LogP) is 4.17. The molecular weight excluding hydrogens is 554 g/mol. The van der Waals surface area contributed by atoms with Crippen LogP contribution in [0.1, 0.15) is 67.6 Å². The number of aromatic nitrogens is 4. The number of amides is 3. The van der Waals surface area contributed by atoms with Gasteiger partial charge in [-0.1, -0.05) is 68.8 Å². The van der Waals surface area contributed by atoms with E-state index in [-0.39, 0.29) is 36.5 Å². The zero-order valence-corrected chi connectivity index (χ0v) is 26.1. The number of rotatable bonds is 6. The molecule has 232 valence electrons. The van der Waals surface area contributed by atoms with E-state index in [2.05, 4.69) is 20.7 Å². The summed E-state index contributed by atoms with van der Waals surface area (Å²) in [5.41, 5.74) is 4.02. The topological polar surface area (TPSA) is 125 Å². The number of hydrogen-bond acceptors (Lipinski definition) is 5. The largest absolute Gasteiger partial charge is 0.358 e. The van der Waals surface area contributed by atoms with Gasteiger partial charge in [0.25, 0.3) is 0 Å². The second-order valence-corrected chi connectivity index (χ2v) is 11.9. The Hall–Kier alpha value is -4.47. The highest BCUT2D eigenvalue weighted by atomic mass is 16.2. The molecule has 0 unspecified atom stereocenters. The summed E-state index contributed by atoms with van der Waals surface area (Å²) in [7, 11) is 0. The number of fused-ring (bicyclic) bond motifs is 2. The van der Waals surface area contributed by atoms with Crippen molar-refractivity contribution >= 4 is 28.6 Å². The summed E-state index contributed by atoms with van der Waals surface area (Å²) in [4.78, 5) is 50.6. The van der Waals surface area contributed by atoms with E-state index in [0.29, 0.717) is 44.1 Å². The first kappa shape index (κ1) is 31.0. The first-order valence-corrected chi connectivity index (χ1v) is 15.6. The van der Waals surface area contributed by atoms with Gasteiger partial charge in [-0.25, -0.2) is 9.67 Å². The Bertz CT molecular complexity index is 1610. The first-order chi connectivity index (χ1) is 21.2. The number of carbonyl (C=O) groups excluding carboxylic acids is 3. The van der Waals surface area contributed by atoms with Crippen LogP contribution in [0.2, 0.25) is 0 Å². The molecule has 3 heterocycles. The molecule has 0 saturated carbocycles. The average molecular weight is 598 g/mol. The van der Waals surface area contributed by atoms with Crippen LogP contribution in [0.3, 0.4) is 0 Å². The smallest absolute Gasteiger partial charge is 0.243 e. The van der Waals surface area contributed by atoms with Crippen LogP contribution in [0.25, 0.3) is 10.9 Å². The molecule has 0 fully saturated rings. The van der Waals surface area contributed by atoms with E-state index in [1.807, 2.05) is 91.9 Å². The highest BCUT2D eigenvalue weighted by Gasteiger charge is 2.31. The van der Waals surface area contributed by atoms with Crippen molar-refractivity contribution in [2.24, 2.45) is 5.92 Å². The van der Waals surface area contributed by atoms with Crippen molar-refractivity contribution < 1.29 is 14.4 Å². The number of benzene rings is 2. The number of nitrogens with one attached hydrogen (secondary N) is 3. The molecule has 10 heteroatoms. The van der Waals surface area contributed by atoms with E-state index in [1.165, 1.54) is 0 Å². The van der Waals surface area contributed by atoms with Crippen molar-refractivity contribution in [1.29, 1.82) is 0 Å². The van der Waals surface area contributed by atoms with E-state index in [1.54, 1.807) is 0 Å². The number of aromatic amines is 1. The van der Waals surface area contributed by atoms with Crippen LogP contribution in [0, 0.1) is 19.8 Å². The lowest BCUT2D eigenvalue weighted by atomic mass is 9.97. The molecule has 1 aliphatic heterocycles. The SMILES string of the molecule is CC[C@H](C)[C@@H]1NC(=O)CCCN(C(=O)Cc2c(C)[nH]c3ccccc23)CCn2nc(C)nc2[C@H](Cc2ccccc2)NC1=O. The third kappa shape index (κ3) is 7.18. The van der Waals surface area contributed by atoms with Gasteiger partial charge in [0, 0.05) is 36.1 Å². The molecule has 3 atom stereocenters. The summed E-state index contributed by atoms with van der Waals surface area (Å²) in [5, 5.41) is 11.9. The Labute approximate surface area is 258 Å². The molecule has 3 N–H and O–H groups in total. The summed E-state index contributed by atoms with van der Waals surface area (Å²) in [6, 6.07) is 16.8. The van der Waals surface area contributed by atoms with E-state index < -0.39 is 12.1 Å². The molecule has 44 heavy (non-hydrogen) atoms. The fourth-order valence-electron chi connectivity index (χ4n) is 5.99. The number of carbonyl (C=O) groups is 3. The van der Waals surface area contributed by atoms with Crippen LogP contribution in [0.4, 0.5) is 0 Å². The van der Waals surface area contributed by atoms with Gasteiger partial charge in [-0.05, 0) is 49.8 Å². The van der Waals surface area contributed by atoms with E-state index in [4.69, 9.17) is 4.98 Å². The molecule has 4 aromatic rings. The molecule has 2 aromatic carbocycles. The van der Waals surface area contributed by atoms with Crippen molar-refractivity contribution in [1.82, 2.24) is 35.3 Å². The van der Waals surface area contributed by atoms with Gasteiger partial charge in [0.1, 0.15) is 17.7 Å². The number of nitrogens with zero attached hydrogens (tertiary/aromatic N) is 4. The molecule has 0 aliphatic carbocycles. The molecule has 0 radical (unpaired) electrons. The Kier molecular flexibility index (Phi) is 9.77. The zero-order valence-electron chi connectivity index (χ0n) is 26.1. The highest BCUT2D eigenvalue weighted by molar-refractivity contribution is 5.90. The second-order valence-electron chi connectivity index (χ2n) is 11.9. The molecule has 0 saturated heterocycles. The van der Waals surface area contributed by atoms with Gasteiger partial charge in [0.15, 0.2) is 0 Å². The van der Waals surface area contributed by atoms with Crippen LogP contribution in [0.15, 0.2) is 54.6 Å². The van der Waals surface area contributed by atoms with Gasteiger partial charge in [-0.15, -0.1) is 0 Å². The Morgan fingerprint density at radius 1 is 1.00 bits per heavy atom. The Morgan fingerprint density at radius 3 is 2.52 bits per heavy atom. The molecule has 3 amide bonds. The van der Waals surface area contributed by atoms with Crippen LogP contribution in [-0.4, -0.2) is 61.5 Å². The molecule has 1 aliphatic rings. The van der Waals surface area contributed by atoms with Gasteiger partial charge >= 0.3 is 0 Å². The van der Waals surface area contributed by atoms with Crippen LogP contribution in [0.5, 0.6) is 0 Å². The van der Waals surface area contributed by atoms with Gasteiger partial charge < -0.3 is 20.5 Å². The highest BCUT2D eigenvalue weighted by Crippen LogP contribution is 2.24. The standard InChI is InChI=1S/C34H43N7O3/c1-5-22(2)32-34(44)37-29(20-25-12-7-6-8-13-25)33-36-24(4)39-41(33)19-18-40(17-11-16-30(42)38-32)31(43)21-27-23(3)35-28-15-10-9-14-26(27)28/h6-10,12-15,22,29,32,35H,5,11,16-21H2,1-4H3,(H,37,44)(H,38,42)/t22-,29-,32-/m0/s1. The normalized spacial score (nSPS) is 19.1. The third-order valence-electron chi connectivity index (χ3n) is 8.65. The molecular formula is C34H43N7O3. The van der Waals surface area contributed by atoms with E-state index in [9.17, 15) is 14.4 Å². The summed E-state index contributed by atoms with van der Waals surface area (Å²) in [6.45, 7) is 9.05. The summed E-state index contributed by atoms with van der Waals surface area (Å²) >= 11 is 0. The van der Waals surface area contributed by atoms with Crippen LogP contribution < -0.4 is 10.6 Å². The fraction of sp³-hybridized carbons (Fsp3) is 0.441. The fourth-order valence-corrected chi connectivity index (χ4v) is 5.99. The second kappa shape index (κ2) is 13.9. The van der Waals surface area contributed by atoms with Crippen LogP contribution >= 0.6 is 0 Å². The summed E-state index contributed by atoms with van der Waals surface area (Å²) < 4.78 is 1.82. The maximum Gasteiger partial charge on any atom is 0.243 e. The van der Waals surface area contributed by atoms with Gasteiger partial charge in [0.2, 0.25) is 17.7 Å². The van der Waals surface area contributed by atoms with Crippen molar-refractivity contribution in [3.05, 3.63) is 83.1 Å². The van der Waals surface area contributed by atoms with Gasteiger partial charge in [-0.2, -0.15) is 5.10 Å². The van der Waals surface area contributed by atoms with Crippen molar-refractivity contribution in [3.8, 4) is 0 Å². The minimum atomic E-state index is -0.686. The first-order valence-electron chi connectivity index (χ1n) is 15.6. The lowest BCUT2D eigenvalue weighted by Crippen LogP contribution is -2.51. The zero-order chi connectivity index (χ0) is 31.2. The number of H-pyrrole nitrogens is 1. The molecule has 10 nitrogen and oxygen atoms in total. The lowest BCUT2D eigenvalue weighted by molar-refractivity contribution is -0.132. The minimum absolute atomic E-state index is 0.00429. The lowest BCUT2D eigenvalue weighted by Gasteiger charge is -2.28. The number of aryl methyl sites for hydroxylation is 2. The third-order valence-corrected chi connectivity index (χ3v) is 8.65. The molecule has 0 bridgehead atoms. The summed E-state index contributed by atoms with van der Waals surface area (Å²) in [6.07, 6.45) is 2.20. The van der Waals surface area contributed by atoms with E-state index >= 15 is 0 Å². The quantitative estimate of drug-likeness (QED) is 0.308. The summed E-state index contributed by atoms with van der Waals surface area (Å²) in [5.74, 6) is 0.725.